The van der Waals surface area contributed by atoms with E-state index < -0.39 is 41.4 Å². The van der Waals surface area contributed by atoms with Crippen molar-refractivity contribution in [2.24, 2.45) is 0 Å². The molecule has 1 atom stereocenters. The highest BCUT2D eigenvalue weighted by Crippen LogP contribution is 2.50. The van der Waals surface area contributed by atoms with Crippen LogP contribution in [0.25, 0.3) is 0 Å². The van der Waals surface area contributed by atoms with Crippen molar-refractivity contribution < 1.29 is 41.0 Å². The molecular formula is C20H15BrF6N2O3. The summed E-state index contributed by atoms with van der Waals surface area (Å²) in [5.41, 5.74) is -5.37. The van der Waals surface area contributed by atoms with Crippen molar-refractivity contribution in [2.75, 3.05) is 5.32 Å². The first-order chi connectivity index (χ1) is 14.7. The Morgan fingerprint density at radius 3 is 2.09 bits per heavy atom. The van der Waals surface area contributed by atoms with Crippen LogP contribution in [-0.2, 0) is 21.7 Å². The van der Waals surface area contributed by atoms with E-state index >= 15 is 0 Å². The number of carbonyl (C=O) groups excluding carboxylic acids is 2. The highest BCUT2D eigenvalue weighted by Gasteiger charge is 2.71. The van der Waals surface area contributed by atoms with Gasteiger partial charge in [0.2, 0.25) is 5.91 Å². The van der Waals surface area contributed by atoms with Crippen molar-refractivity contribution in [1.29, 1.82) is 0 Å². The van der Waals surface area contributed by atoms with Gasteiger partial charge in [0.1, 0.15) is 6.04 Å². The minimum Gasteiger partial charge on any atom is -0.369 e. The fraction of sp³-hybridized carbons (Fsp3) is 0.300. The van der Waals surface area contributed by atoms with E-state index in [1.807, 2.05) is 0 Å². The zero-order valence-corrected chi connectivity index (χ0v) is 17.8. The third-order valence-electron chi connectivity index (χ3n) is 5.10. The van der Waals surface area contributed by atoms with Gasteiger partial charge in [0.05, 0.1) is 0 Å². The zero-order chi connectivity index (χ0) is 24.1. The SMILES string of the molecule is CC(=O)N1Cc2cc(Br)ccc2C1C(=O)Nc1ccc(C(O)(C(F)(F)F)C(F)(F)F)cc1. The van der Waals surface area contributed by atoms with E-state index in [2.05, 4.69) is 21.2 Å². The highest BCUT2D eigenvalue weighted by atomic mass is 79.9. The molecular weight excluding hydrogens is 510 g/mol. The standard InChI is InChI=1S/C20H15BrF6N2O3/c1-10(30)29-9-11-8-13(21)4-7-15(11)16(29)17(31)28-14-5-2-12(3-6-14)18(32,19(22,23)24)20(25,26)27/h2-8,16,32H,9H2,1H3,(H,28,31). The number of fused-ring (bicyclic) bond motifs is 1. The summed E-state index contributed by atoms with van der Waals surface area (Å²) in [6.07, 6.45) is -12.0. The van der Waals surface area contributed by atoms with Gasteiger partial charge in [-0.15, -0.1) is 0 Å². The number of rotatable bonds is 3. The molecule has 2 N–H and O–H groups in total. The number of nitrogens with zero attached hydrogens (tertiary/aromatic N) is 1. The molecule has 0 saturated heterocycles. The van der Waals surface area contributed by atoms with Gasteiger partial charge in [0.25, 0.3) is 11.5 Å². The molecule has 0 fully saturated rings. The van der Waals surface area contributed by atoms with E-state index in [-0.39, 0.29) is 12.2 Å². The summed E-state index contributed by atoms with van der Waals surface area (Å²) >= 11 is 3.30. The average Bonchev–Trinajstić information content (AvgIpc) is 3.05. The fourth-order valence-corrected chi connectivity index (χ4v) is 3.90. The Kier molecular flexibility index (Phi) is 6.07. The van der Waals surface area contributed by atoms with Crippen LogP contribution in [0.15, 0.2) is 46.9 Å². The maximum atomic E-state index is 13.0. The van der Waals surface area contributed by atoms with E-state index in [0.29, 0.717) is 23.3 Å². The van der Waals surface area contributed by atoms with Gasteiger partial charge in [0, 0.05) is 29.2 Å². The van der Waals surface area contributed by atoms with Gasteiger partial charge in [-0.3, -0.25) is 9.59 Å². The predicted octanol–water partition coefficient (Wildman–Crippen LogP) is 4.80. The lowest BCUT2D eigenvalue weighted by Crippen LogP contribution is -2.53. The van der Waals surface area contributed by atoms with Crippen LogP contribution in [0.3, 0.4) is 0 Å². The molecule has 1 heterocycles. The lowest BCUT2D eigenvalue weighted by Gasteiger charge is -2.32. The van der Waals surface area contributed by atoms with E-state index in [9.17, 15) is 41.0 Å². The van der Waals surface area contributed by atoms with Crippen LogP contribution in [0.2, 0.25) is 0 Å². The summed E-state index contributed by atoms with van der Waals surface area (Å²) < 4.78 is 78.8. The van der Waals surface area contributed by atoms with E-state index in [0.717, 1.165) is 16.6 Å². The summed E-state index contributed by atoms with van der Waals surface area (Å²) in [4.78, 5) is 26.1. The third kappa shape index (κ3) is 4.08. The number of anilines is 1. The second-order valence-corrected chi connectivity index (χ2v) is 8.08. The summed E-state index contributed by atoms with van der Waals surface area (Å²) in [7, 11) is 0. The number of hydrogen-bond donors (Lipinski definition) is 2. The van der Waals surface area contributed by atoms with Crippen molar-refractivity contribution >= 4 is 33.4 Å². The van der Waals surface area contributed by atoms with E-state index in [1.54, 1.807) is 18.2 Å². The molecule has 3 rings (SSSR count). The molecule has 1 aliphatic rings. The van der Waals surface area contributed by atoms with Crippen molar-refractivity contribution in [2.45, 2.75) is 37.5 Å². The first-order valence-electron chi connectivity index (χ1n) is 8.99. The summed E-state index contributed by atoms with van der Waals surface area (Å²) in [6.45, 7) is 1.43. The smallest absolute Gasteiger partial charge is 0.369 e. The van der Waals surface area contributed by atoms with E-state index in [4.69, 9.17) is 0 Å². The molecule has 1 aliphatic heterocycles. The molecule has 0 radical (unpaired) electrons. The minimum absolute atomic E-state index is 0.112. The second-order valence-electron chi connectivity index (χ2n) is 7.17. The first kappa shape index (κ1) is 24.1. The number of hydrogen-bond acceptors (Lipinski definition) is 3. The molecule has 32 heavy (non-hydrogen) atoms. The number of nitrogens with one attached hydrogen (secondary N) is 1. The van der Waals surface area contributed by atoms with Gasteiger partial charge in [-0.25, -0.2) is 0 Å². The molecule has 2 aromatic carbocycles. The number of benzene rings is 2. The van der Waals surface area contributed by atoms with Crippen LogP contribution in [0.1, 0.15) is 29.7 Å². The topological polar surface area (TPSA) is 69.6 Å². The van der Waals surface area contributed by atoms with Crippen LogP contribution in [0.4, 0.5) is 32.0 Å². The molecule has 0 saturated carbocycles. The quantitative estimate of drug-likeness (QED) is 0.566. The Balaban J connectivity index is 1.89. The maximum absolute atomic E-state index is 13.0. The molecule has 0 spiro atoms. The largest absolute Gasteiger partial charge is 0.430 e. The summed E-state index contributed by atoms with van der Waals surface area (Å²) in [6, 6.07) is 6.50. The molecule has 12 heteroatoms. The van der Waals surface area contributed by atoms with Gasteiger partial charge < -0.3 is 15.3 Å². The number of carbonyl (C=O) groups is 2. The van der Waals surface area contributed by atoms with Crippen molar-refractivity contribution in [3.05, 3.63) is 63.6 Å². The molecule has 0 aliphatic carbocycles. The molecule has 0 aromatic heterocycles. The van der Waals surface area contributed by atoms with Crippen LogP contribution >= 0.6 is 15.9 Å². The lowest BCUT2D eigenvalue weighted by atomic mass is 9.92. The Morgan fingerprint density at radius 1 is 1.03 bits per heavy atom. The third-order valence-corrected chi connectivity index (χ3v) is 5.59. The Morgan fingerprint density at radius 2 is 1.59 bits per heavy atom. The molecule has 172 valence electrons. The van der Waals surface area contributed by atoms with Crippen LogP contribution in [0, 0.1) is 0 Å². The van der Waals surface area contributed by atoms with Crippen LogP contribution in [-0.4, -0.2) is 34.2 Å². The van der Waals surface area contributed by atoms with Crippen molar-refractivity contribution in [1.82, 2.24) is 4.90 Å². The summed E-state index contributed by atoms with van der Waals surface area (Å²) in [5, 5.41) is 11.8. The van der Waals surface area contributed by atoms with Gasteiger partial charge in [-0.05, 0) is 35.4 Å². The maximum Gasteiger partial charge on any atom is 0.430 e. The second kappa shape index (κ2) is 8.07. The van der Waals surface area contributed by atoms with Gasteiger partial charge >= 0.3 is 12.4 Å². The minimum atomic E-state index is -6.01. The Hall–Kier alpha value is -2.60. The normalized spacial score (nSPS) is 16.7. The molecule has 5 nitrogen and oxygen atoms in total. The molecule has 0 bridgehead atoms. The van der Waals surface area contributed by atoms with Crippen LogP contribution in [0.5, 0.6) is 0 Å². The van der Waals surface area contributed by atoms with Gasteiger partial charge in [0.15, 0.2) is 0 Å². The van der Waals surface area contributed by atoms with Crippen molar-refractivity contribution in [3.8, 4) is 0 Å². The monoisotopic (exact) mass is 524 g/mol. The Labute approximate surface area is 186 Å². The number of alkyl halides is 6. The van der Waals surface area contributed by atoms with Gasteiger partial charge in [-0.2, -0.15) is 26.3 Å². The van der Waals surface area contributed by atoms with Crippen LogP contribution < -0.4 is 5.32 Å². The first-order valence-corrected chi connectivity index (χ1v) is 9.79. The highest BCUT2D eigenvalue weighted by molar-refractivity contribution is 9.10. The predicted molar refractivity (Wildman–Crippen MR) is 104 cm³/mol. The summed E-state index contributed by atoms with van der Waals surface area (Å²) in [5.74, 6) is -1.09. The van der Waals surface area contributed by atoms with Crippen molar-refractivity contribution in [3.63, 3.8) is 0 Å². The molecule has 2 amide bonds. The lowest BCUT2D eigenvalue weighted by molar-refractivity contribution is -0.376. The molecule has 1 unspecified atom stereocenters. The number of aliphatic hydroxyl groups is 1. The molecule has 2 aromatic rings. The van der Waals surface area contributed by atoms with E-state index in [1.165, 1.54) is 11.8 Å². The Bertz CT molecular complexity index is 1040. The number of amides is 2. The fourth-order valence-electron chi connectivity index (χ4n) is 3.49. The zero-order valence-electron chi connectivity index (χ0n) is 16.2. The number of halogens is 7. The van der Waals surface area contributed by atoms with Gasteiger partial charge in [-0.1, -0.05) is 34.1 Å². The average molecular weight is 525 g/mol.